The molecule has 156 valence electrons. The zero-order chi connectivity index (χ0) is 20.9. The molecule has 1 aromatic heterocycles. The van der Waals surface area contributed by atoms with E-state index in [-0.39, 0.29) is 24.2 Å². The number of benzene rings is 2. The third kappa shape index (κ3) is 4.79. The van der Waals surface area contributed by atoms with Crippen molar-refractivity contribution < 1.29 is 18.7 Å². The van der Waals surface area contributed by atoms with Crippen LogP contribution in [0.1, 0.15) is 35.1 Å². The second kappa shape index (κ2) is 9.26. The number of amides is 1. The number of hydrogen-bond donors (Lipinski definition) is 0. The van der Waals surface area contributed by atoms with Crippen LogP contribution in [0.4, 0.5) is 4.39 Å². The van der Waals surface area contributed by atoms with E-state index in [1.165, 1.54) is 23.5 Å². The molecule has 1 atom stereocenters. The Morgan fingerprint density at radius 1 is 1.17 bits per heavy atom. The van der Waals surface area contributed by atoms with Gasteiger partial charge in [-0.15, -0.1) is 11.3 Å². The van der Waals surface area contributed by atoms with Crippen molar-refractivity contribution in [2.24, 2.45) is 0 Å². The normalized spacial score (nSPS) is 15.9. The maximum Gasteiger partial charge on any atom is 0.229 e. The maximum absolute atomic E-state index is 13.0. The van der Waals surface area contributed by atoms with Crippen molar-refractivity contribution in [2.45, 2.75) is 31.9 Å². The van der Waals surface area contributed by atoms with Crippen LogP contribution in [0.2, 0.25) is 0 Å². The highest BCUT2D eigenvalue weighted by molar-refractivity contribution is 7.09. The highest BCUT2D eigenvalue weighted by atomic mass is 32.1. The molecule has 2 heterocycles. The second-order valence-electron chi connectivity index (χ2n) is 7.17. The third-order valence-electron chi connectivity index (χ3n) is 5.18. The lowest BCUT2D eigenvalue weighted by Gasteiger charge is -2.25. The van der Waals surface area contributed by atoms with Crippen LogP contribution in [0.3, 0.4) is 0 Å². The molecule has 30 heavy (non-hydrogen) atoms. The Balaban J connectivity index is 1.35. The fourth-order valence-corrected chi connectivity index (χ4v) is 4.37. The summed E-state index contributed by atoms with van der Waals surface area (Å²) >= 11 is 1.46. The maximum atomic E-state index is 13.0. The molecule has 0 bridgehead atoms. The van der Waals surface area contributed by atoms with Crippen LogP contribution < -0.4 is 9.47 Å². The van der Waals surface area contributed by atoms with E-state index in [1.807, 2.05) is 34.5 Å². The van der Waals surface area contributed by atoms with Gasteiger partial charge in [0, 0.05) is 11.9 Å². The monoisotopic (exact) mass is 426 g/mol. The SMILES string of the molecule is COc1ccc([C@@H]2CCCN2C(=O)Cc2csc(COc3ccc(F)cc3)n2)cc1. The van der Waals surface area contributed by atoms with E-state index in [2.05, 4.69) is 4.98 Å². The Morgan fingerprint density at radius 2 is 1.90 bits per heavy atom. The lowest BCUT2D eigenvalue weighted by Crippen LogP contribution is -2.31. The quantitative estimate of drug-likeness (QED) is 0.546. The molecule has 5 nitrogen and oxygen atoms in total. The van der Waals surface area contributed by atoms with E-state index in [4.69, 9.17) is 9.47 Å². The van der Waals surface area contributed by atoms with E-state index < -0.39 is 0 Å². The van der Waals surface area contributed by atoms with Crippen LogP contribution in [0.15, 0.2) is 53.9 Å². The van der Waals surface area contributed by atoms with Gasteiger partial charge < -0.3 is 14.4 Å². The highest BCUT2D eigenvalue weighted by Gasteiger charge is 2.30. The molecular weight excluding hydrogens is 403 g/mol. The zero-order valence-corrected chi connectivity index (χ0v) is 17.5. The Kier molecular flexibility index (Phi) is 6.28. The molecular formula is C23H23FN2O3S. The van der Waals surface area contributed by atoms with Gasteiger partial charge >= 0.3 is 0 Å². The number of thiazole rings is 1. The smallest absolute Gasteiger partial charge is 0.229 e. The van der Waals surface area contributed by atoms with Crippen LogP contribution >= 0.6 is 11.3 Å². The average Bonchev–Trinajstić information content (AvgIpc) is 3.43. The Hall–Kier alpha value is -2.93. The van der Waals surface area contributed by atoms with Gasteiger partial charge in [0.2, 0.25) is 5.91 Å². The lowest BCUT2D eigenvalue weighted by atomic mass is 10.0. The van der Waals surface area contributed by atoms with Crippen molar-refractivity contribution in [3.8, 4) is 11.5 Å². The van der Waals surface area contributed by atoms with Crippen molar-refractivity contribution in [1.82, 2.24) is 9.88 Å². The van der Waals surface area contributed by atoms with Gasteiger partial charge in [-0.2, -0.15) is 0 Å². The molecule has 0 N–H and O–H groups in total. The molecule has 1 aliphatic heterocycles. The number of nitrogens with zero attached hydrogens (tertiary/aromatic N) is 2. The minimum absolute atomic E-state index is 0.0876. The van der Waals surface area contributed by atoms with Gasteiger partial charge in [-0.05, 0) is 54.8 Å². The van der Waals surface area contributed by atoms with Gasteiger partial charge in [0.05, 0.1) is 25.3 Å². The highest BCUT2D eigenvalue weighted by Crippen LogP contribution is 2.33. The largest absolute Gasteiger partial charge is 0.497 e. The number of hydrogen-bond acceptors (Lipinski definition) is 5. The predicted molar refractivity (Wildman–Crippen MR) is 113 cm³/mol. The van der Waals surface area contributed by atoms with Crippen molar-refractivity contribution in [3.63, 3.8) is 0 Å². The van der Waals surface area contributed by atoms with Crippen molar-refractivity contribution in [3.05, 3.63) is 76.0 Å². The Bertz CT molecular complexity index is 988. The number of carbonyl (C=O) groups excluding carboxylic acids is 1. The van der Waals surface area contributed by atoms with Gasteiger partial charge in [0.15, 0.2) is 0 Å². The first kappa shape index (κ1) is 20.3. The number of ether oxygens (including phenoxy) is 2. The van der Waals surface area contributed by atoms with Gasteiger partial charge in [-0.3, -0.25) is 4.79 Å². The van der Waals surface area contributed by atoms with Crippen LogP contribution in [-0.4, -0.2) is 29.4 Å². The van der Waals surface area contributed by atoms with Crippen LogP contribution in [0.5, 0.6) is 11.5 Å². The standard InChI is InChI=1S/C23H23FN2O3S/c1-28-19-8-4-16(5-9-19)21-3-2-12-26(21)23(27)13-18-15-30-22(25-18)14-29-20-10-6-17(24)7-11-20/h4-11,15,21H,2-3,12-14H2,1H3/t21-/m0/s1. The van der Waals surface area contributed by atoms with E-state index >= 15 is 0 Å². The molecule has 4 rings (SSSR count). The third-order valence-corrected chi connectivity index (χ3v) is 6.05. The van der Waals surface area contributed by atoms with Gasteiger partial charge in [-0.25, -0.2) is 9.37 Å². The Labute approximate surface area is 179 Å². The van der Waals surface area contributed by atoms with Crippen molar-refractivity contribution in [1.29, 1.82) is 0 Å². The summed E-state index contributed by atoms with van der Waals surface area (Å²) in [5.41, 5.74) is 1.89. The van der Waals surface area contributed by atoms with Crippen LogP contribution in [-0.2, 0) is 17.8 Å². The molecule has 0 unspecified atom stereocenters. The molecule has 1 fully saturated rings. The minimum Gasteiger partial charge on any atom is -0.497 e. The fourth-order valence-electron chi connectivity index (χ4n) is 3.67. The zero-order valence-electron chi connectivity index (χ0n) is 16.7. The summed E-state index contributed by atoms with van der Waals surface area (Å²) in [6.45, 7) is 1.06. The topological polar surface area (TPSA) is 51.7 Å². The number of likely N-dealkylation sites (tertiary alicyclic amines) is 1. The summed E-state index contributed by atoms with van der Waals surface area (Å²) < 4.78 is 23.8. The van der Waals surface area contributed by atoms with Gasteiger partial charge in [-0.1, -0.05) is 12.1 Å². The molecule has 0 aliphatic carbocycles. The average molecular weight is 427 g/mol. The number of carbonyl (C=O) groups is 1. The summed E-state index contributed by atoms with van der Waals surface area (Å²) in [6.07, 6.45) is 2.24. The molecule has 1 saturated heterocycles. The second-order valence-corrected chi connectivity index (χ2v) is 8.11. The number of halogens is 1. The molecule has 2 aromatic carbocycles. The lowest BCUT2D eigenvalue weighted by molar-refractivity contribution is -0.131. The summed E-state index contributed by atoms with van der Waals surface area (Å²) in [6, 6.07) is 13.9. The van der Waals surface area contributed by atoms with Crippen molar-refractivity contribution >= 4 is 17.2 Å². The molecule has 0 saturated carbocycles. The first-order valence-electron chi connectivity index (χ1n) is 9.87. The minimum atomic E-state index is -0.299. The first-order chi connectivity index (χ1) is 14.6. The van der Waals surface area contributed by atoms with E-state index in [0.29, 0.717) is 12.4 Å². The fraction of sp³-hybridized carbons (Fsp3) is 0.304. The molecule has 0 spiro atoms. The van der Waals surface area contributed by atoms with E-state index in [1.54, 1.807) is 19.2 Å². The Morgan fingerprint density at radius 3 is 2.63 bits per heavy atom. The van der Waals surface area contributed by atoms with E-state index in [9.17, 15) is 9.18 Å². The predicted octanol–water partition coefficient (Wildman–Crippen LogP) is 4.78. The number of methoxy groups -OCH3 is 1. The number of rotatable bonds is 7. The summed E-state index contributed by atoms with van der Waals surface area (Å²) in [7, 11) is 1.65. The molecule has 0 radical (unpaired) electrons. The van der Waals surface area contributed by atoms with Crippen LogP contribution in [0.25, 0.3) is 0 Å². The molecule has 1 amide bonds. The molecule has 3 aromatic rings. The van der Waals surface area contributed by atoms with Crippen LogP contribution in [0, 0.1) is 5.82 Å². The van der Waals surface area contributed by atoms with Gasteiger partial charge in [0.25, 0.3) is 0 Å². The molecule has 1 aliphatic rings. The van der Waals surface area contributed by atoms with E-state index in [0.717, 1.165) is 41.4 Å². The summed E-state index contributed by atoms with van der Waals surface area (Å²) in [4.78, 5) is 19.4. The summed E-state index contributed by atoms with van der Waals surface area (Å²) in [5, 5.41) is 2.69. The van der Waals surface area contributed by atoms with Crippen molar-refractivity contribution in [2.75, 3.05) is 13.7 Å². The van der Waals surface area contributed by atoms with Gasteiger partial charge in [0.1, 0.15) is 28.9 Å². The summed E-state index contributed by atoms with van der Waals surface area (Å²) in [5.74, 6) is 1.19. The number of aromatic nitrogens is 1. The molecule has 7 heteroatoms. The first-order valence-corrected chi connectivity index (χ1v) is 10.8.